The molecule has 9 heteroatoms. The summed E-state index contributed by atoms with van der Waals surface area (Å²) in [7, 11) is 0. The summed E-state index contributed by atoms with van der Waals surface area (Å²) in [6, 6.07) is 6.38. The predicted molar refractivity (Wildman–Crippen MR) is 60.3 cm³/mol. The molecular formula is C12H9F6N3. The second kappa shape index (κ2) is 5.05. The Morgan fingerprint density at radius 2 is 1.71 bits per heavy atom. The van der Waals surface area contributed by atoms with Crippen LogP contribution in [0.25, 0.3) is 0 Å². The monoisotopic (exact) mass is 309 g/mol. The molecule has 0 atom stereocenters. The number of hydrogen-bond acceptors (Lipinski definition) is 2. The van der Waals surface area contributed by atoms with Crippen molar-refractivity contribution < 1.29 is 26.3 Å². The van der Waals surface area contributed by atoms with Crippen molar-refractivity contribution in [1.29, 1.82) is 0 Å². The van der Waals surface area contributed by atoms with Crippen molar-refractivity contribution in [3.63, 3.8) is 0 Å². The van der Waals surface area contributed by atoms with Crippen LogP contribution in [0.4, 0.5) is 26.3 Å². The van der Waals surface area contributed by atoms with E-state index >= 15 is 0 Å². The molecule has 0 aliphatic heterocycles. The van der Waals surface area contributed by atoms with E-state index in [0.29, 0.717) is 5.56 Å². The summed E-state index contributed by atoms with van der Waals surface area (Å²) >= 11 is 0. The molecule has 1 aromatic heterocycles. The fraction of sp³-hybridized carbons (Fsp3) is 0.333. The minimum Gasteiger partial charge on any atom is -0.237 e. The first-order valence-corrected chi connectivity index (χ1v) is 5.72. The third kappa shape index (κ3) is 3.53. The molecule has 0 fully saturated rings. The summed E-state index contributed by atoms with van der Waals surface area (Å²) in [5.74, 6) is -3.47. The van der Waals surface area contributed by atoms with Crippen molar-refractivity contribution >= 4 is 0 Å². The molecule has 0 aliphatic carbocycles. The first-order valence-electron chi connectivity index (χ1n) is 5.72. The number of hydrogen-bond donors (Lipinski definition) is 0. The number of halogens is 6. The van der Waals surface area contributed by atoms with Crippen LogP contribution in [-0.2, 0) is 18.9 Å². The maximum Gasteiger partial charge on any atom is 0.453 e. The second-order valence-corrected chi connectivity index (χ2v) is 4.40. The van der Waals surface area contributed by atoms with Gasteiger partial charge in [0.15, 0.2) is 0 Å². The summed E-state index contributed by atoms with van der Waals surface area (Å²) in [6.45, 7) is 1.27. The summed E-state index contributed by atoms with van der Waals surface area (Å²) in [6.07, 6.45) is -10.0. The van der Waals surface area contributed by atoms with Crippen LogP contribution >= 0.6 is 0 Å². The Kier molecular flexibility index (Phi) is 3.68. The zero-order valence-corrected chi connectivity index (χ0v) is 10.6. The number of benzene rings is 1. The molecule has 0 aliphatic rings. The zero-order chi connectivity index (χ0) is 15.8. The largest absolute Gasteiger partial charge is 0.453 e. The molecule has 1 aromatic carbocycles. The van der Waals surface area contributed by atoms with E-state index in [1.54, 1.807) is 25.1 Å². The topological polar surface area (TPSA) is 30.7 Å². The number of nitrogens with zero attached hydrogens (tertiary/aromatic N) is 3. The maximum absolute atomic E-state index is 12.7. The summed E-state index contributed by atoms with van der Waals surface area (Å²) in [5.41, 5.74) is 1.18. The highest BCUT2D eigenvalue weighted by molar-refractivity contribution is 5.22. The minimum absolute atomic E-state index is 0.220. The van der Waals surface area contributed by atoms with Crippen molar-refractivity contribution in [2.24, 2.45) is 0 Å². The molecule has 0 saturated carbocycles. The SMILES string of the molecule is Cc1cccc(Cn2nc(C(F)(F)F)nc2C(F)(F)F)c1. The van der Waals surface area contributed by atoms with Gasteiger partial charge in [-0.3, -0.25) is 0 Å². The van der Waals surface area contributed by atoms with Crippen LogP contribution in [0, 0.1) is 6.92 Å². The highest BCUT2D eigenvalue weighted by Gasteiger charge is 2.43. The van der Waals surface area contributed by atoms with E-state index in [1.807, 2.05) is 0 Å². The fourth-order valence-corrected chi connectivity index (χ4v) is 1.77. The van der Waals surface area contributed by atoms with Gasteiger partial charge in [-0.1, -0.05) is 29.8 Å². The van der Waals surface area contributed by atoms with Crippen molar-refractivity contribution in [3.05, 3.63) is 47.0 Å². The van der Waals surface area contributed by atoms with E-state index < -0.39 is 30.5 Å². The van der Waals surface area contributed by atoms with Gasteiger partial charge >= 0.3 is 12.4 Å². The van der Waals surface area contributed by atoms with Crippen molar-refractivity contribution in [2.75, 3.05) is 0 Å². The lowest BCUT2D eigenvalue weighted by molar-refractivity contribution is -0.150. The maximum atomic E-state index is 12.7. The molecule has 1 heterocycles. The van der Waals surface area contributed by atoms with Gasteiger partial charge in [-0.15, -0.1) is 5.10 Å². The smallest absolute Gasteiger partial charge is 0.237 e. The van der Waals surface area contributed by atoms with Crippen LogP contribution in [0.3, 0.4) is 0 Å². The molecule has 0 N–H and O–H groups in total. The van der Waals surface area contributed by atoms with Crippen molar-refractivity contribution in [1.82, 2.24) is 14.8 Å². The molecule has 0 saturated heterocycles. The van der Waals surface area contributed by atoms with Crippen LogP contribution in [0.2, 0.25) is 0 Å². The van der Waals surface area contributed by atoms with Gasteiger partial charge in [-0.2, -0.15) is 31.3 Å². The fourth-order valence-electron chi connectivity index (χ4n) is 1.77. The van der Waals surface area contributed by atoms with Crippen LogP contribution < -0.4 is 0 Å². The molecule has 21 heavy (non-hydrogen) atoms. The molecule has 2 rings (SSSR count). The van der Waals surface area contributed by atoms with Crippen LogP contribution in [0.15, 0.2) is 24.3 Å². The first kappa shape index (κ1) is 15.3. The van der Waals surface area contributed by atoms with Gasteiger partial charge in [0.1, 0.15) is 0 Å². The number of rotatable bonds is 2. The number of aryl methyl sites for hydroxylation is 1. The quantitative estimate of drug-likeness (QED) is 0.792. The van der Waals surface area contributed by atoms with Gasteiger partial charge < -0.3 is 0 Å². The third-order valence-electron chi connectivity index (χ3n) is 2.59. The molecule has 2 aromatic rings. The predicted octanol–water partition coefficient (Wildman–Crippen LogP) is 3.67. The summed E-state index contributed by atoms with van der Waals surface area (Å²) in [5, 5.41) is 2.93. The highest BCUT2D eigenvalue weighted by atomic mass is 19.4. The van der Waals surface area contributed by atoms with Gasteiger partial charge in [-0.25, -0.2) is 4.68 Å². The van der Waals surface area contributed by atoms with E-state index in [2.05, 4.69) is 10.1 Å². The molecule has 0 unspecified atom stereocenters. The Hall–Kier alpha value is -2.06. The van der Waals surface area contributed by atoms with E-state index in [9.17, 15) is 26.3 Å². The lowest BCUT2D eigenvalue weighted by Crippen LogP contribution is -2.16. The van der Waals surface area contributed by atoms with E-state index in [1.165, 1.54) is 6.07 Å². The average Bonchev–Trinajstić information content (AvgIpc) is 2.72. The highest BCUT2D eigenvalue weighted by Crippen LogP contribution is 2.32. The second-order valence-electron chi connectivity index (χ2n) is 4.40. The summed E-state index contributed by atoms with van der Waals surface area (Å²) < 4.78 is 75.8. The molecule has 3 nitrogen and oxygen atoms in total. The Labute approximate surface area is 115 Å². The Balaban J connectivity index is 2.44. The Morgan fingerprint density at radius 1 is 1.05 bits per heavy atom. The van der Waals surface area contributed by atoms with Gasteiger partial charge in [0.2, 0.25) is 5.82 Å². The molecule has 0 bridgehead atoms. The minimum atomic E-state index is -5.03. The van der Waals surface area contributed by atoms with Gasteiger partial charge in [0, 0.05) is 0 Å². The molecule has 114 valence electrons. The normalized spacial score (nSPS) is 12.7. The van der Waals surface area contributed by atoms with Crippen LogP contribution in [0.5, 0.6) is 0 Å². The van der Waals surface area contributed by atoms with Gasteiger partial charge in [0.25, 0.3) is 5.82 Å². The average molecular weight is 309 g/mol. The standard InChI is InChI=1S/C12H9F6N3/c1-7-3-2-4-8(5-7)6-21-10(12(16,17)18)19-9(20-21)11(13,14)15/h2-5H,6H2,1H3. The number of alkyl halides is 6. The lowest BCUT2D eigenvalue weighted by Gasteiger charge is -2.08. The van der Waals surface area contributed by atoms with Crippen molar-refractivity contribution in [3.8, 4) is 0 Å². The first-order chi connectivity index (χ1) is 9.57. The zero-order valence-electron chi connectivity index (χ0n) is 10.6. The van der Waals surface area contributed by atoms with Gasteiger partial charge in [0.05, 0.1) is 6.54 Å². The lowest BCUT2D eigenvalue weighted by atomic mass is 10.1. The van der Waals surface area contributed by atoms with Gasteiger partial charge in [-0.05, 0) is 12.5 Å². The number of aromatic nitrogens is 3. The third-order valence-corrected chi connectivity index (χ3v) is 2.59. The van der Waals surface area contributed by atoms with Crippen molar-refractivity contribution in [2.45, 2.75) is 25.8 Å². The van der Waals surface area contributed by atoms with E-state index in [-0.39, 0.29) is 4.68 Å². The van der Waals surface area contributed by atoms with Crippen LogP contribution in [0.1, 0.15) is 22.8 Å². The molecular weight excluding hydrogens is 300 g/mol. The molecule has 0 spiro atoms. The Morgan fingerprint density at radius 3 is 2.24 bits per heavy atom. The molecule has 0 radical (unpaired) electrons. The molecule has 0 amide bonds. The van der Waals surface area contributed by atoms with E-state index in [0.717, 1.165) is 5.56 Å². The van der Waals surface area contributed by atoms with Crippen LogP contribution in [-0.4, -0.2) is 14.8 Å². The Bertz CT molecular complexity index is 641. The summed E-state index contributed by atoms with van der Waals surface area (Å²) in [4.78, 5) is 2.57. The van der Waals surface area contributed by atoms with E-state index in [4.69, 9.17) is 0 Å².